The van der Waals surface area contributed by atoms with Gasteiger partial charge in [0.15, 0.2) is 5.09 Å². The summed E-state index contributed by atoms with van der Waals surface area (Å²) in [4.78, 5) is 11.0. The monoisotopic (exact) mass is 427 g/mol. The van der Waals surface area contributed by atoms with Crippen molar-refractivity contribution in [3.63, 3.8) is 0 Å². The van der Waals surface area contributed by atoms with Gasteiger partial charge in [-0.3, -0.25) is 0 Å². The Hall–Kier alpha value is -3.26. The number of aromatic carboxylic acids is 1. The van der Waals surface area contributed by atoms with Crippen LogP contribution in [-0.4, -0.2) is 27.8 Å². The van der Waals surface area contributed by atoms with Crippen molar-refractivity contribution in [1.29, 1.82) is 0 Å². The van der Waals surface area contributed by atoms with Crippen molar-refractivity contribution in [3.05, 3.63) is 71.0 Å². The molecule has 2 N–H and O–H groups in total. The van der Waals surface area contributed by atoms with Gasteiger partial charge in [0.1, 0.15) is 34.7 Å². The molecule has 1 aliphatic rings. The molecular weight excluding hydrogens is 406 g/mol. The molecule has 7 nitrogen and oxygen atoms in total. The van der Waals surface area contributed by atoms with Crippen molar-refractivity contribution in [2.75, 3.05) is 17.8 Å². The number of carbonyl (C=O) groups is 1. The maximum atomic E-state index is 12.5. The quantitative estimate of drug-likeness (QED) is 0.561. The van der Waals surface area contributed by atoms with Crippen molar-refractivity contribution in [2.24, 2.45) is 0 Å². The smallest absolute Gasteiger partial charge is 0.335 e. The average Bonchev–Trinajstić information content (AvgIpc) is 3.38. The normalized spacial score (nSPS) is 13.4. The molecule has 1 unspecified atom stereocenters. The Morgan fingerprint density at radius 1 is 1.20 bits per heavy atom. The number of nitrogens with one attached hydrogen (secondary N) is 1. The Bertz CT molecular complexity index is 1090. The van der Waals surface area contributed by atoms with E-state index in [1.165, 1.54) is 0 Å². The summed E-state index contributed by atoms with van der Waals surface area (Å²) in [6.45, 7) is 2.68. The Morgan fingerprint density at radius 2 is 2.00 bits per heavy atom. The van der Waals surface area contributed by atoms with Crippen LogP contribution in [0.25, 0.3) is 0 Å². The molecule has 8 heteroatoms. The molecule has 4 rings (SSSR count). The van der Waals surface area contributed by atoms with E-state index in [1.807, 2.05) is 19.1 Å². The van der Waals surface area contributed by atoms with Gasteiger partial charge in [-0.2, -0.15) is 0 Å². The van der Waals surface area contributed by atoms with Gasteiger partial charge < -0.3 is 24.3 Å². The van der Waals surface area contributed by atoms with Gasteiger partial charge in [0.05, 0.1) is 23.7 Å². The van der Waals surface area contributed by atoms with Crippen LogP contribution in [0, 0.1) is 6.92 Å². The van der Waals surface area contributed by atoms with Crippen LogP contribution in [0.2, 0.25) is 0 Å². The second-order valence-electron chi connectivity index (χ2n) is 6.88. The van der Waals surface area contributed by atoms with E-state index in [9.17, 15) is 9.00 Å². The van der Waals surface area contributed by atoms with E-state index in [0.717, 1.165) is 29.0 Å². The lowest BCUT2D eigenvalue weighted by Crippen LogP contribution is -2.10. The minimum atomic E-state index is -1.34. The second-order valence-corrected chi connectivity index (χ2v) is 8.26. The van der Waals surface area contributed by atoms with Gasteiger partial charge in [0.2, 0.25) is 0 Å². The summed E-state index contributed by atoms with van der Waals surface area (Å²) in [6, 6.07) is 13.8. The highest BCUT2D eigenvalue weighted by molar-refractivity contribution is 7.84. The van der Waals surface area contributed by atoms with Gasteiger partial charge in [0, 0.05) is 12.5 Å². The highest BCUT2D eigenvalue weighted by Gasteiger charge is 2.18. The molecule has 0 amide bonds. The van der Waals surface area contributed by atoms with Crippen LogP contribution in [-0.2, 0) is 23.8 Å². The summed E-state index contributed by atoms with van der Waals surface area (Å²) in [7, 11) is -1.34. The fraction of sp³-hybridized carbons (Fsp3) is 0.227. The molecule has 156 valence electrons. The minimum absolute atomic E-state index is 0.177. The number of carboxylic acids is 1. The predicted molar refractivity (Wildman–Crippen MR) is 112 cm³/mol. The summed E-state index contributed by atoms with van der Waals surface area (Å²) in [6.07, 6.45) is 0.807. The van der Waals surface area contributed by atoms with Crippen LogP contribution in [0.4, 0.5) is 5.69 Å². The van der Waals surface area contributed by atoms with Crippen molar-refractivity contribution in [1.82, 2.24) is 0 Å². The van der Waals surface area contributed by atoms with Gasteiger partial charge >= 0.3 is 5.97 Å². The molecule has 1 atom stereocenters. The van der Waals surface area contributed by atoms with Crippen LogP contribution < -0.4 is 14.8 Å². The Balaban J connectivity index is 1.48. The number of fused-ring (bicyclic) bond motifs is 1. The zero-order valence-electron chi connectivity index (χ0n) is 16.3. The van der Waals surface area contributed by atoms with Gasteiger partial charge in [-0.15, -0.1) is 0 Å². The summed E-state index contributed by atoms with van der Waals surface area (Å²) in [5.74, 6) is 1.27. The van der Waals surface area contributed by atoms with E-state index in [4.69, 9.17) is 19.0 Å². The first-order valence-corrected chi connectivity index (χ1v) is 10.7. The number of anilines is 1. The molecule has 0 aliphatic carbocycles. The highest BCUT2D eigenvalue weighted by Crippen LogP contribution is 2.36. The molecule has 1 aliphatic heterocycles. The third-order valence-corrected chi connectivity index (χ3v) is 5.80. The van der Waals surface area contributed by atoms with E-state index in [2.05, 4.69) is 5.32 Å². The van der Waals surface area contributed by atoms with Crippen LogP contribution >= 0.6 is 0 Å². The lowest BCUT2D eigenvalue weighted by molar-refractivity contribution is 0.0697. The Kier molecular flexibility index (Phi) is 5.76. The number of carboxylic acid groups (broad SMARTS) is 1. The topological polar surface area (TPSA) is 98.0 Å². The maximum Gasteiger partial charge on any atom is 0.335 e. The van der Waals surface area contributed by atoms with Crippen molar-refractivity contribution < 1.29 is 28.0 Å². The highest BCUT2D eigenvalue weighted by atomic mass is 32.2. The first kappa shape index (κ1) is 20.0. The molecule has 0 saturated heterocycles. The summed E-state index contributed by atoms with van der Waals surface area (Å²) < 4.78 is 29.5. The number of ether oxygens (including phenoxy) is 2. The van der Waals surface area contributed by atoms with Crippen molar-refractivity contribution >= 4 is 22.5 Å². The molecule has 0 spiro atoms. The lowest BCUT2D eigenvalue weighted by Gasteiger charge is -2.15. The standard InChI is InChI=1S/C22H21NO6S/c1-14-2-7-21(29-14)30(26)13-23-18-10-17-8-9-27-19(17)11-20(18)28-12-15-3-5-16(6-4-15)22(24)25/h2-7,10-11,23H,8-9,12-13H2,1H3,(H,24,25). The predicted octanol–water partition coefficient (Wildman–Crippen LogP) is 3.98. The van der Waals surface area contributed by atoms with E-state index < -0.39 is 16.8 Å². The summed E-state index contributed by atoms with van der Waals surface area (Å²) in [5.41, 5.74) is 2.85. The molecule has 0 bridgehead atoms. The SMILES string of the molecule is Cc1ccc(S(=O)CNc2cc3c(cc2OCc2ccc(C(=O)O)cc2)OCC3)o1. The van der Waals surface area contributed by atoms with Gasteiger partial charge in [-0.05, 0) is 48.4 Å². The number of rotatable bonds is 8. The summed E-state index contributed by atoms with van der Waals surface area (Å²) in [5, 5.41) is 12.6. The van der Waals surface area contributed by atoms with Crippen molar-refractivity contribution in [2.45, 2.75) is 25.0 Å². The van der Waals surface area contributed by atoms with E-state index in [-0.39, 0.29) is 18.0 Å². The zero-order valence-corrected chi connectivity index (χ0v) is 17.2. The molecule has 0 saturated carbocycles. The van der Waals surface area contributed by atoms with Crippen LogP contribution in [0.5, 0.6) is 11.5 Å². The third kappa shape index (κ3) is 4.49. The molecule has 3 aromatic rings. The van der Waals surface area contributed by atoms with Crippen LogP contribution in [0.3, 0.4) is 0 Å². The van der Waals surface area contributed by atoms with Crippen molar-refractivity contribution in [3.8, 4) is 11.5 Å². The molecule has 0 fully saturated rings. The molecule has 1 aromatic heterocycles. The summed E-state index contributed by atoms with van der Waals surface area (Å²) >= 11 is 0. The maximum absolute atomic E-state index is 12.5. The Labute approximate surface area is 176 Å². The first-order chi connectivity index (χ1) is 14.5. The Morgan fingerprint density at radius 3 is 2.70 bits per heavy atom. The van der Waals surface area contributed by atoms with Crippen LogP contribution in [0.15, 0.2) is 58.0 Å². The largest absolute Gasteiger partial charge is 0.493 e. The minimum Gasteiger partial charge on any atom is -0.493 e. The van der Waals surface area contributed by atoms with Gasteiger partial charge in [-0.25, -0.2) is 9.00 Å². The molecule has 2 aromatic carbocycles. The molecule has 30 heavy (non-hydrogen) atoms. The fourth-order valence-electron chi connectivity index (χ4n) is 3.12. The van der Waals surface area contributed by atoms with E-state index >= 15 is 0 Å². The van der Waals surface area contributed by atoms with Crippen LogP contribution in [0.1, 0.15) is 27.2 Å². The number of hydrogen-bond donors (Lipinski definition) is 2. The second kappa shape index (κ2) is 8.62. The number of hydrogen-bond acceptors (Lipinski definition) is 6. The number of aryl methyl sites for hydroxylation is 1. The number of furan rings is 1. The average molecular weight is 427 g/mol. The zero-order chi connectivity index (χ0) is 21.1. The van der Waals surface area contributed by atoms with E-state index in [1.54, 1.807) is 36.4 Å². The first-order valence-electron chi connectivity index (χ1n) is 9.43. The van der Waals surface area contributed by atoms with Gasteiger partial charge in [-0.1, -0.05) is 12.1 Å². The fourth-order valence-corrected chi connectivity index (χ4v) is 3.99. The lowest BCUT2D eigenvalue weighted by atomic mass is 10.1. The number of benzene rings is 2. The van der Waals surface area contributed by atoms with E-state index in [0.29, 0.717) is 23.2 Å². The molecular formula is C22H21NO6S. The molecule has 2 heterocycles. The van der Waals surface area contributed by atoms with Gasteiger partial charge in [0.25, 0.3) is 0 Å². The molecule has 0 radical (unpaired) electrons. The third-order valence-electron chi connectivity index (χ3n) is 4.72.